The van der Waals surface area contributed by atoms with Gasteiger partial charge in [0, 0.05) is 16.5 Å². The van der Waals surface area contributed by atoms with Crippen LogP contribution in [0.25, 0.3) is 22.5 Å². The molecule has 33 heavy (non-hydrogen) atoms. The number of nitrogens with one attached hydrogen (secondary N) is 2. The van der Waals surface area contributed by atoms with E-state index in [9.17, 15) is 14.9 Å². The molecule has 0 fully saturated rings. The molecule has 0 aliphatic heterocycles. The maximum Gasteiger partial charge on any atom is 0.270 e. The van der Waals surface area contributed by atoms with Gasteiger partial charge in [-0.3, -0.25) is 9.59 Å². The van der Waals surface area contributed by atoms with Gasteiger partial charge in [-0.2, -0.15) is 5.26 Å². The summed E-state index contributed by atoms with van der Waals surface area (Å²) in [5, 5.41) is 14.8. The summed E-state index contributed by atoms with van der Waals surface area (Å²) in [7, 11) is 1.53. The van der Waals surface area contributed by atoms with Crippen molar-refractivity contribution in [1.82, 2.24) is 15.0 Å². The van der Waals surface area contributed by atoms with Crippen molar-refractivity contribution in [2.45, 2.75) is 5.16 Å². The number of carbonyl (C=O) groups is 1. The zero-order valence-electron chi connectivity index (χ0n) is 17.4. The third-order valence-corrected chi connectivity index (χ3v) is 6.14. The number of thioether (sulfide) groups is 1. The summed E-state index contributed by atoms with van der Waals surface area (Å²) in [6.07, 6.45) is 0. The Morgan fingerprint density at radius 2 is 1.97 bits per heavy atom. The number of nitrogens with zero attached hydrogens (tertiary/aromatic N) is 3. The molecule has 0 atom stereocenters. The number of amides is 1. The number of aromatic nitrogens is 3. The number of nitriles is 1. The number of anilines is 1. The van der Waals surface area contributed by atoms with E-state index in [1.165, 1.54) is 18.4 Å². The molecule has 0 aliphatic carbocycles. The highest BCUT2D eigenvalue weighted by Crippen LogP contribution is 2.27. The van der Waals surface area contributed by atoms with Gasteiger partial charge in [-0.1, -0.05) is 54.2 Å². The van der Waals surface area contributed by atoms with Gasteiger partial charge in [0.15, 0.2) is 10.3 Å². The number of H-pyrrole nitrogens is 1. The first-order valence-corrected chi connectivity index (χ1v) is 11.6. The molecular weight excluding hydrogens is 458 g/mol. The first-order chi connectivity index (χ1) is 16.1. The molecule has 10 heteroatoms. The minimum Gasteiger partial charge on any atom is -0.497 e. The molecule has 2 aromatic carbocycles. The standard InChI is InChI=1S/C23H17N5O3S2/c1-31-16-9-5-8-15(10-16)20-17(11-24)21(30)28-23(27-20)33-13-19(29)26-22-25-18(12-32-22)14-6-3-2-4-7-14/h2-10,12H,13H2,1H3,(H,25,26,29)(H,27,28,30). The van der Waals surface area contributed by atoms with E-state index in [4.69, 9.17) is 4.74 Å². The largest absolute Gasteiger partial charge is 0.497 e. The average molecular weight is 476 g/mol. The van der Waals surface area contributed by atoms with Crippen LogP contribution in [0.4, 0.5) is 5.13 Å². The Kier molecular flexibility index (Phi) is 6.83. The summed E-state index contributed by atoms with van der Waals surface area (Å²) in [5.74, 6) is 0.293. The van der Waals surface area contributed by atoms with E-state index >= 15 is 0 Å². The summed E-state index contributed by atoms with van der Waals surface area (Å²) >= 11 is 2.39. The van der Waals surface area contributed by atoms with Crippen molar-refractivity contribution in [1.29, 1.82) is 5.26 Å². The number of thiazole rings is 1. The molecule has 0 radical (unpaired) electrons. The first-order valence-electron chi connectivity index (χ1n) is 9.70. The summed E-state index contributed by atoms with van der Waals surface area (Å²) < 4.78 is 5.22. The molecular formula is C23H17N5O3S2. The van der Waals surface area contributed by atoms with Crippen molar-refractivity contribution in [2.24, 2.45) is 0 Å². The molecule has 4 aromatic rings. The van der Waals surface area contributed by atoms with E-state index in [1.54, 1.807) is 24.3 Å². The molecule has 0 bridgehead atoms. The van der Waals surface area contributed by atoms with Crippen molar-refractivity contribution in [3.63, 3.8) is 0 Å². The van der Waals surface area contributed by atoms with Crippen molar-refractivity contribution in [2.75, 3.05) is 18.2 Å². The van der Waals surface area contributed by atoms with Gasteiger partial charge < -0.3 is 15.0 Å². The Morgan fingerprint density at radius 3 is 2.73 bits per heavy atom. The molecule has 4 rings (SSSR count). The minimum atomic E-state index is -0.569. The van der Waals surface area contributed by atoms with E-state index < -0.39 is 5.56 Å². The Morgan fingerprint density at radius 1 is 1.18 bits per heavy atom. The summed E-state index contributed by atoms with van der Waals surface area (Å²) in [5.41, 5.74) is 1.88. The third-order valence-electron chi connectivity index (χ3n) is 4.51. The number of aromatic amines is 1. The zero-order chi connectivity index (χ0) is 23.2. The number of carbonyl (C=O) groups excluding carboxylic acids is 1. The number of rotatable bonds is 7. The normalized spacial score (nSPS) is 10.4. The summed E-state index contributed by atoms with van der Waals surface area (Å²) in [6.45, 7) is 0. The fraction of sp³-hybridized carbons (Fsp3) is 0.0870. The van der Waals surface area contributed by atoms with Gasteiger partial charge in [0.2, 0.25) is 5.91 Å². The molecule has 0 spiro atoms. The van der Waals surface area contributed by atoms with E-state index in [0.29, 0.717) is 16.4 Å². The lowest BCUT2D eigenvalue weighted by Crippen LogP contribution is -2.17. The number of ether oxygens (including phenoxy) is 1. The number of hydrogen-bond donors (Lipinski definition) is 2. The van der Waals surface area contributed by atoms with Crippen LogP contribution in [0.1, 0.15) is 5.56 Å². The molecule has 2 N–H and O–H groups in total. The smallest absolute Gasteiger partial charge is 0.270 e. The predicted molar refractivity (Wildman–Crippen MR) is 128 cm³/mol. The van der Waals surface area contributed by atoms with Crippen molar-refractivity contribution in [3.8, 4) is 34.3 Å². The quantitative estimate of drug-likeness (QED) is 0.304. The third kappa shape index (κ3) is 5.28. The van der Waals surface area contributed by atoms with Crippen LogP contribution in [-0.4, -0.2) is 33.7 Å². The highest BCUT2D eigenvalue weighted by atomic mass is 32.2. The number of methoxy groups -OCH3 is 1. The lowest BCUT2D eigenvalue weighted by molar-refractivity contribution is -0.113. The SMILES string of the molecule is COc1cccc(-c2nc(SCC(=O)Nc3nc(-c4ccccc4)cs3)[nH]c(=O)c2C#N)c1. The van der Waals surface area contributed by atoms with Gasteiger partial charge in [0.25, 0.3) is 5.56 Å². The fourth-order valence-electron chi connectivity index (χ4n) is 2.97. The second-order valence-electron chi connectivity index (χ2n) is 6.68. The Bertz CT molecular complexity index is 1390. The second-order valence-corrected chi connectivity index (χ2v) is 8.50. The van der Waals surface area contributed by atoms with Gasteiger partial charge >= 0.3 is 0 Å². The van der Waals surface area contributed by atoms with Gasteiger partial charge in [-0.25, -0.2) is 9.97 Å². The zero-order valence-corrected chi connectivity index (χ0v) is 19.0. The van der Waals surface area contributed by atoms with Crippen molar-refractivity contribution in [3.05, 3.63) is 75.9 Å². The maximum atomic E-state index is 12.4. The average Bonchev–Trinajstić information content (AvgIpc) is 3.31. The predicted octanol–water partition coefficient (Wildman–Crippen LogP) is 4.17. The van der Waals surface area contributed by atoms with Crippen LogP contribution in [0.15, 0.2) is 69.9 Å². The van der Waals surface area contributed by atoms with E-state index in [2.05, 4.69) is 20.3 Å². The van der Waals surface area contributed by atoms with Crippen LogP contribution in [-0.2, 0) is 4.79 Å². The minimum absolute atomic E-state index is 0.00659. The molecule has 1 amide bonds. The highest BCUT2D eigenvalue weighted by molar-refractivity contribution is 7.99. The molecule has 2 aromatic heterocycles. The molecule has 2 heterocycles. The molecule has 8 nitrogen and oxygen atoms in total. The number of hydrogen-bond acceptors (Lipinski definition) is 8. The second kappa shape index (κ2) is 10.1. The van der Waals surface area contributed by atoms with Crippen LogP contribution in [0.5, 0.6) is 5.75 Å². The monoisotopic (exact) mass is 475 g/mol. The molecule has 164 valence electrons. The molecule has 0 unspecified atom stereocenters. The Hall–Kier alpha value is -3.94. The summed E-state index contributed by atoms with van der Waals surface area (Å²) in [6, 6.07) is 18.5. The van der Waals surface area contributed by atoms with E-state index in [-0.39, 0.29) is 28.1 Å². The van der Waals surface area contributed by atoms with Crippen LogP contribution in [0.3, 0.4) is 0 Å². The molecule has 0 aliphatic rings. The van der Waals surface area contributed by atoms with Gasteiger partial charge in [-0.05, 0) is 12.1 Å². The summed E-state index contributed by atoms with van der Waals surface area (Å²) in [4.78, 5) is 36.3. The lowest BCUT2D eigenvalue weighted by Gasteiger charge is -2.08. The van der Waals surface area contributed by atoms with Crippen LogP contribution >= 0.6 is 23.1 Å². The topological polar surface area (TPSA) is 121 Å². The molecule has 0 saturated carbocycles. The number of benzene rings is 2. The van der Waals surface area contributed by atoms with Crippen LogP contribution in [0.2, 0.25) is 0 Å². The fourth-order valence-corrected chi connectivity index (χ4v) is 4.36. The van der Waals surface area contributed by atoms with Gasteiger partial charge in [0.05, 0.1) is 24.3 Å². The Labute approximate surface area is 197 Å². The highest BCUT2D eigenvalue weighted by Gasteiger charge is 2.16. The molecule has 0 saturated heterocycles. The van der Waals surface area contributed by atoms with Gasteiger partial charge in [0.1, 0.15) is 17.4 Å². The maximum absolute atomic E-state index is 12.4. The van der Waals surface area contributed by atoms with E-state index in [0.717, 1.165) is 23.0 Å². The lowest BCUT2D eigenvalue weighted by atomic mass is 10.1. The van der Waals surface area contributed by atoms with Crippen molar-refractivity contribution < 1.29 is 9.53 Å². The van der Waals surface area contributed by atoms with Crippen LogP contribution < -0.4 is 15.6 Å². The first kappa shape index (κ1) is 22.3. The van der Waals surface area contributed by atoms with Crippen molar-refractivity contribution >= 4 is 34.1 Å². The Balaban J connectivity index is 1.48. The van der Waals surface area contributed by atoms with Crippen LogP contribution in [0, 0.1) is 11.3 Å². The van der Waals surface area contributed by atoms with Gasteiger partial charge in [-0.15, -0.1) is 11.3 Å². The van der Waals surface area contributed by atoms with E-state index in [1.807, 2.05) is 41.8 Å².